The molecule has 0 spiro atoms. The van der Waals surface area contributed by atoms with Gasteiger partial charge in [0, 0.05) is 6.07 Å². The summed E-state index contributed by atoms with van der Waals surface area (Å²) in [5.41, 5.74) is 2.31. The SMILES string of the molecule is CCCc1cc(=O)oc2cc(C)cc(OC(=O)[C@@H](CCC)NC(=O)OCc3ccccc3)c12. The van der Waals surface area contributed by atoms with Crippen LogP contribution in [0.4, 0.5) is 4.79 Å². The Labute approximate surface area is 192 Å². The maximum absolute atomic E-state index is 13.0. The average Bonchev–Trinajstić information content (AvgIpc) is 2.77. The third kappa shape index (κ3) is 6.44. The maximum atomic E-state index is 13.0. The molecule has 0 saturated carbocycles. The first-order chi connectivity index (χ1) is 15.9. The van der Waals surface area contributed by atoms with E-state index in [1.54, 1.807) is 12.1 Å². The summed E-state index contributed by atoms with van der Waals surface area (Å²) in [5, 5.41) is 3.21. The zero-order chi connectivity index (χ0) is 23.8. The molecule has 0 bridgehead atoms. The molecule has 0 aliphatic heterocycles. The van der Waals surface area contributed by atoms with Crippen LogP contribution in [0.3, 0.4) is 0 Å². The van der Waals surface area contributed by atoms with E-state index >= 15 is 0 Å². The summed E-state index contributed by atoms with van der Waals surface area (Å²) in [4.78, 5) is 37.3. The highest BCUT2D eigenvalue weighted by Crippen LogP contribution is 2.31. The molecule has 2 aromatic carbocycles. The Bertz CT molecular complexity index is 1170. The largest absolute Gasteiger partial charge is 0.445 e. The maximum Gasteiger partial charge on any atom is 0.408 e. The van der Waals surface area contributed by atoms with Gasteiger partial charge in [0.15, 0.2) is 0 Å². The quantitative estimate of drug-likeness (QED) is 0.278. The zero-order valence-corrected chi connectivity index (χ0v) is 19.2. The topological polar surface area (TPSA) is 94.8 Å². The van der Waals surface area contributed by atoms with Crippen LogP contribution in [0, 0.1) is 6.92 Å². The monoisotopic (exact) mass is 451 g/mol. The zero-order valence-electron chi connectivity index (χ0n) is 19.2. The molecule has 0 aliphatic carbocycles. The Kier molecular flexibility index (Phi) is 8.24. The van der Waals surface area contributed by atoms with E-state index in [2.05, 4.69) is 5.32 Å². The molecule has 7 nitrogen and oxygen atoms in total. The van der Waals surface area contributed by atoms with Gasteiger partial charge in [0.2, 0.25) is 0 Å². The second-order valence-corrected chi connectivity index (χ2v) is 7.95. The number of fused-ring (bicyclic) bond motifs is 1. The summed E-state index contributed by atoms with van der Waals surface area (Å²) in [6.45, 7) is 5.84. The van der Waals surface area contributed by atoms with E-state index in [0.717, 1.165) is 23.1 Å². The van der Waals surface area contributed by atoms with E-state index in [1.807, 2.05) is 51.1 Å². The molecule has 1 heterocycles. The van der Waals surface area contributed by atoms with Gasteiger partial charge in [-0.15, -0.1) is 0 Å². The predicted molar refractivity (Wildman–Crippen MR) is 125 cm³/mol. The van der Waals surface area contributed by atoms with Crippen molar-refractivity contribution in [2.45, 2.75) is 59.1 Å². The van der Waals surface area contributed by atoms with Crippen LogP contribution in [-0.4, -0.2) is 18.1 Å². The van der Waals surface area contributed by atoms with Crippen molar-refractivity contribution in [3.05, 3.63) is 75.6 Å². The van der Waals surface area contributed by atoms with Gasteiger partial charge in [-0.2, -0.15) is 0 Å². The normalized spacial score (nSPS) is 11.7. The Balaban J connectivity index is 1.79. The van der Waals surface area contributed by atoms with E-state index in [-0.39, 0.29) is 6.61 Å². The van der Waals surface area contributed by atoms with Crippen LogP contribution in [0.2, 0.25) is 0 Å². The number of amides is 1. The second kappa shape index (κ2) is 11.3. The fourth-order valence-corrected chi connectivity index (χ4v) is 3.64. The van der Waals surface area contributed by atoms with Crippen LogP contribution >= 0.6 is 0 Å². The Hall–Kier alpha value is -3.61. The number of esters is 1. The van der Waals surface area contributed by atoms with Gasteiger partial charge < -0.3 is 19.2 Å². The lowest BCUT2D eigenvalue weighted by Gasteiger charge is -2.18. The number of carbonyl (C=O) groups excluding carboxylic acids is 2. The van der Waals surface area contributed by atoms with Gasteiger partial charge in [0.25, 0.3) is 0 Å². The molecular formula is C26H29NO6. The highest BCUT2D eigenvalue weighted by molar-refractivity contribution is 5.91. The number of nitrogens with one attached hydrogen (secondary N) is 1. The molecule has 33 heavy (non-hydrogen) atoms. The van der Waals surface area contributed by atoms with E-state index < -0.39 is 23.7 Å². The van der Waals surface area contributed by atoms with Gasteiger partial charge >= 0.3 is 17.7 Å². The molecule has 3 aromatic rings. The molecule has 0 fully saturated rings. The number of carbonyl (C=O) groups is 2. The summed E-state index contributed by atoms with van der Waals surface area (Å²) in [5.74, 6) is -0.295. The van der Waals surface area contributed by atoms with Gasteiger partial charge in [-0.1, -0.05) is 57.0 Å². The van der Waals surface area contributed by atoms with Crippen molar-refractivity contribution in [1.82, 2.24) is 5.32 Å². The van der Waals surface area contributed by atoms with Crippen molar-refractivity contribution < 1.29 is 23.5 Å². The molecule has 1 N–H and O–H groups in total. The minimum absolute atomic E-state index is 0.0997. The first kappa shape index (κ1) is 24.0. The lowest BCUT2D eigenvalue weighted by molar-refractivity contribution is -0.136. The molecule has 3 rings (SSSR count). The van der Waals surface area contributed by atoms with Gasteiger partial charge in [-0.3, -0.25) is 0 Å². The number of alkyl carbamates (subject to hydrolysis) is 1. The minimum Gasteiger partial charge on any atom is -0.445 e. The average molecular weight is 452 g/mol. The predicted octanol–water partition coefficient (Wildman–Crippen LogP) is 5.05. The van der Waals surface area contributed by atoms with Crippen molar-refractivity contribution in [3.63, 3.8) is 0 Å². The van der Waals surface area contributed by atoms with Crippen molar-refractivity contribution in [2.75, 3.05) is 0 Å². The lowest BCUT2D eigenvalue weighted by atomic mass is 10.0. The van der Waals surface area contributed by atoms with E-state index in [9.17, 15) is 14.4 Å². The van der Waals surface area contributed by atoms with E-state index in [1.165, 1.54) is 6.07 Å². The van der Waals surface area contributed by atoms with Gasteiger partial charge in [0.1, 0.15) is 24.0 Å². The smallest absolute Gasteiger partial charge is 0.408 e. The number of ether oxygens (including phenoxy) is 2. The van der Waals surface area contributed by atoms with Crippen LogP contribution < -0.4 is 15.7 Å². The molecule has 0 radical (unpaired) electrons. The number of rotatable bonds is 9. The highest BCUT2D eigenvalue weighted by Gasteiger charge is 2.24. The first-order valence-electron chi connectivity index (χ1n) is 11.2. The third-order valence-corrected chi connectivity index (χ3v) is 5.13. The molecule has 0 saturated heterocycles. The molecule has 1 aromatic heterocycles. The van der Waals surface area contributed by atoms with Crippen LogP contribution in [0.25, 0.3) is 11.0 Å². The Morgan fingerprint density at radius 3 is 2.52 bits per heavy atom. The van der Waals surface area contributed by atoms with Crippen LogP contribution in [0.5, 0.6) is 5.75 Å². The fourth-order valence-electron chi connectivity index (χ4n) is 3.64. The third-order valence-electron chi connectivity index (χ3n) is 5.13. The first-order valence-corrected chi connectivity index (χ1v) is 11.2. The molecule has 174 valence electrons. The molecule has 0 aliphatic rings. The number of hydrogen-bond donors (Lipinski definition) is 1. The van der Waals surface area contributed by atoms with E-state index in [4.69, 9.17) is 13.9 Å². The molecule has 1 amide bonds. The van der Waals surface area contributed by atoms with Gasteiger partial charge in [0.05, 0.1) is 5.39 Å². The fraction of sp³-hybridized carbons (Fsp3) is 0.346. The highest BCUT2D eigenvalue weighted by atomic mass is 16.6. The summed E-state index contributed by atoms with van der Waals surface area (Å²) in [6.07, 6.45) is 1.80. The molecule has 7 heteroatoms. The number of aryl methyl sites for hydroxylation is 2. The van der Waals surface area contributed by atoms with Crippen LogP contribution in [0.15, 0.2) is 57.7 Å². The Morgan fingerprint density at radius 2 is 1.82 bits per heavy atom. The number of benzene rings is 2. The number of hydrogen-bond acceptors (Lipinski definition) is 6. The van der Waals surface area contributed by atoms with Gasteiger partial charge in [-0.25, -0.2) is 14.4 Å². The standard InChI is InChI=1S/C26H29NO6/c1-4-9-19-15-23(28)32-21-13-17(3)14-22(24(19)21)33-25(29)20(10-5-2)27-26(30)31-16-18-11-7-6-8-12-18/h6-8,11-15,20H,4-5,9-10,16H2,1-3H3,(H,27,30)/t20-/m1/s1. The summed E-state index contributed by atoms with van der Waals surface area (Å²) in [7, 11) is 0. The van der Waals surface area contributed by atoms with Gasteiger partial charge in [-0.05, 0) is 48.6 Å². The van der Waals surface area contributed by atoms with Crippen molar-refractivity contribution in [3.8, 4) is 5.75 Å². The Morgan fingerprint density at radius 1 is 1.06 bits per heavy atom. The second-order valence-electron chi connectivity index (χ2n) is 7.95. The van der Waals surface area contributed by atoms with Crippen molar-refractivity contribution in [1.29, 1.82) is 0 Å². The molecule has 0 unspecified atom stereocenters. The minimum atomic E-state index is -0.876. The van der Waals surface area contributed by atoms with E-state index in [0.29, 0.717) is 36.0 Å². The summed E-state index contributed by atoms with van der Waals surface area (Å²) >= 11 is 0. The van der Waals surface area contributed by atoms with Crippen molar-refractivity contribution >= 4 is 23.0 Å². The molecular weight excluding hydrogens is 422 g/mol. The molecule has 1 atom stereocenters. The van der Waals surface area contributed by atoms with Crippen LogP contribution in [0.1, 0.15) is 49.8 Å². The summed E-state index contributed by atoms with van der Waals surface area (Å²) < 4.78 is 16.4. The lowest BCUT2D eigenvalue weighted by Crippen LogP contribution is -2.43. The van der Waals surface area contributed by atoms with Crippen LogP contribution in [-0.2, 0) is 22.6 Å². The van der Waals surface area contributed by atoms with Crippen molar-refractivity contribution in [2.24, 2.45) is 0 Å². The summed E-state index contributed by atoms with van der Waals surface area (Å²) in [6, 6.07) is 13.3.